The van der Waals surface area contributed by atoms with E-state index in [0.29, 0.717) is 12.4 Å². The van der Waals surface area contributed by atoms with E-state index < -0.39 is 6.10 Å². The molecule has 5 atom stereocenters. The highest BCUT2D eigenvalue weighted by Crippen LogP contribution is 2.27. The maximum atomic E-state index is 9.84. The molecule has 0 spiro atoms. The van der Waals surface area contributed by atoms with Gasteiger partial charge in [0.2, 0.25) is 0 Å². The lowest BCUT2D eigenvalue weighted by atomic mass is 9.96. The van der Waals surface area contributed by atoms with E-state index in [9.17, 15) is 5.11 Å². The van der Waals surface area contributed by atoms with Gasteiger partial charge < -0.3 is 19.3 Å². The molecule has 1 aliphatic rings. The predicted molar refractivity (Wildman–Crippen MR) is 108 cm³/mol. The molecule has 4 nitrogen and oxygen atoms in total. The number of allylic oxidation sites excluding steroid dienone is 2. The van der Waals surface area contributed by atoms with Crippen molar-refractivity contribution in [2.75, 3.05) is 6.61 Å². The zero-order valence-electron chi connectivity index (χ0n) is 16.8. The molecule has 0 amide bonds. The SMILES string of the molecule is C=C(/C=C/CC[C@@H](C)O[C@@H]1O[C@@H](C)[C@H](O)C[C@H]1C)OCCc1ccccc1. The van der Waals surface area contributed by atoms with Gasteiger partial charge in [0.15, 0.2) is 6.29 Å². The third-order valence-electron chi connectivity index (χ3n) is 4.90. The van der Waals surface area contributed by atoms with E-state index in [1.807, 2.05) is 31.2 Å². The number of ether oxygens (including phenoxy) is 3. The van der Waals surface area contributed by atoms with E-state index in [-0.39, 0.29) is 24.4 Å². The first-order chi connectivity index (χ1) is 13.0. The maximum Gasteiger partial charge on any atom is 0.161 e. The van der Waals surface area contributed by atoms with Crippen LogP contribution in [-0.2, 0) is 20.6 Å². The molecule has 1 aromatic carbocycles. The number of benzene rings is 1. The van der Waals surface area contributed by atoms with Gasteiger partial charge in [-0.25, -0.2) is 0 Å². The molecule has 0 aliphatic carbocycles. The molecule has 1 heterocycles. The molecule has 0 saturated carbocycles. The number of hydrogen-bond acceptors (Lipinski definition) is 4. The predicted octanol–water partition coefficient (Wildman–Crippen LogP) is 4.63. The molecule has 0 radical (unpaired) electrons. The highest BCUT2D eigenvalue weighted by molar-refractivity contribution is 5.15. The summed E-state index contributed by atoms with van der Waals surface area (Å²) in [6.07, 6.45) is 6.68. The van der Waals surface area contributed by atoms with Crippen LogP contribution < -0.4 is 0 Å². The topological polar surface area (TPSA) is 47.9 Å². The molecule has 4 heteroatoms. The van der Waals surface area contributed by atoms with Gasteiger partial charge in [0.25, 0.3) is 0 Å². The Bertz CT molecular complexity index is 583. The molecule has 1 fully saturated rings. The number of aliphatic hydroxyl groups is 1. The van der Waals surface area contributed by atoms with Crippen LogP contribution in [-0.4, -0.2) is 36.3 Å². The van der Waals surface area contributed by atoms with Gasteiger partial charge in [-0.05, 0) is 44.7 Å². The second kappa shape index (κ2) is 11.3. The van der Waals surface area contributed by atoms with Gasteiger partial charge in [0.05, 0.1) is 24.9 Å². The molecule has 1 aromatic rings. The third kappa shape index (κ3) is 7.87. The van der Waals surface area contributed by atoms with Crippen molar-refractivity contribution >= 4 is 0 Å². The fourth-order valence-corrected chi connectivity index (χ4v) is 3.12. The summed E-state index contributed by atoms with van der Waals surface area (Å²) < 4.78 is 17.5. The highest BCUT2D eigenvalue weighted by Gasteiger charge is 2.33. The van der Waals surface area contributed by atoms with Gasteiger partial charge in [-0.15, -0.1) is 0 Å². The minimum atomic E-state index is -0.397. The van der Waals surface area contributed by atoms with Gasteiger partial charge in [-0.2, -0.15) is 0 Å². The minimum absolute atomic E-state index is 0.0943. The summed E-state index contributed by atoms with van der Waals surface area (Å²) >= 11 is 0. The minimum Gasteiger partial charge on any atom is -0.494 e. The average molecular weight is 375 g/mol. The normalized spacial score (nSPS) is 26.8. The van der Waals surface area contributed by atoms with Crippen LogP contribution in [0.4, 0.5) is 0 Å². The summed E-state index contributed by atoms with van der Waals surface area (Å²) in [5, 5.41) is 9.84. The zero-order valence-corrected chi connectivity index (χ0v) is 16.8. The molecule has 1 N–H and O–H groups in total. The van der Waals surface area contributed by atoms with Crippen LogP contribution in [0.25, 0.3) is 0 Å². The van der Waals surface area contributed by atoms with Gasteiger partial charge in [0, 0.05) is 12.3 Å². The molecular formula is C23H34O4. The summed E-state index contributed by atoms with van der Waals surface area (Å²) in [6, 6.07) is 10.3. The Morgan fingerprint density at radius 2 is 2.07 bits per heavy atom. The fraction of sp³-hybridized carbons (Fsp3) is 0.565. The molecule has 0 unspecified atom stereocenters. The van der Waals surface area contributed by atoms with Gasteiger partial charge >= 0.3 is 0 Å². The second-order valence-corrected chi connectivity index (χ2v) is 7.47. The van der Waals surface area contributed by atoms with E-state index in [0.717, 1.165) is 25.7 Å². The molecule has 1 aliphatic heterocycles. The van der Waals surface area contributed by atoms with E-state index >= 15 is 0 Å². The molecule has 2 rings (SSSR count). The Labute approximate surface area is 163 Å². The average Bonchev–Trinajstić information content (AvgIpc) is 2.64. The summed E-state index contributed by atoms with van der Waals surface area (Å²) in [5.41, 5.74) is 1.27. The standard InChI is InChI=1S/C23H34O4/c1-17-16-22(24)20(4)27-23(17)26-19(3)11-9-8-10-18(2)25-15-14-21-12-6-5-7-13-21/h5-8,10,12-13,17,19-20,22-24H,2,9,11,14-16H2,1,3-4H3/b10-8+/t17-,19-,20+,22-,23-/m1/s1. The van der Waals surface area contributed by atoms with Crippen LogP contribution in [0.3, 0.4) is 0 Å². The lowest BCUT2D eigenvalue weighted by Gasteiger charge is -2.37. The maximum absolute atomic E-state index is 9.84. The van der Waals surface area contributed by atoms with Gasteiger partial charge in [0.1, 0.15) is 5.76 Å². The Hall–Kier alpha value is -1.62. The van der Waals surface area contributed by atoms with E-state index in [2.05, 4.69) is 38.6 Å². The first-order valence-corrected chi connectivity index (χ1v) is 9.97. The van der Waals surface area contributed by atoms with Crippen molar-refractivity contribution in [1.82, 2.24) is 0 Å². The Kier molecular flexibility index (Phi) is 9.05. The van der Waals surface area contributed by atoms with Crippen molar-refractivity contribution in [3.8, 4) is 0 Å². The van der Waals surface area contributed by atoms with Crippen LogP contribution in [0.15, 0.2) is 54.8 Å². The smallest absolute Gasteiger partial charge is 0.161 e. The lowest BCUT2D eigenvalue weighted by molar-refractivity contribution is -0.255. The molecule has 0 bridgehead atoms. The summed E-state index contributed by atoms with van der Waals surface area (Å²) in [4.78, 5) is 0. The number of rotatable bonds is 10. The van der Waals surface area contributed by atoms with E-state index in [4.69, 9.17) is 14.2 Å². The van der Waals surface area contributed by atoms with Crippen molar-refractivity contribution in [3.05, 3.63) is 60.4 Å². The van der Waals surface area contributed by atoms with Crippen LogP contribution >= 0.6 is 0 Å². The first-order valence-electron chi connectivity index (χ1n) is 9.97. The van der Waals surface area contributed by atoms with Crippen LogP contribution in [0.1, 0.15) is 45.6 Å². The van der Waals surface area contributed by atoms with E-state index in [1.54, 1.807) is 0 Å². The largest absolute Gasteiger partial charge is 0.494 e. The van der Waals surface area contributed by atoms with Gasteiger partial charge in [-0.3, -0.25) is 0 Å². The first kappa shape index (κ1) is 21.7. The number of hydrogen-bond donors (Lipinski definition) is 1. The van der Waals surface area contributed by atoms with Crippen molar-refractivity contribution in [2.24, 2.45) is 5.92 Å². The van der Waals surface area contributed by atoms with Crippen molar-refractivity contribution in [2.45, 2.75) is 71.1 Å². The molecule has 27 heavy (non-hydrogen) atoms. The van der Waals surface area contributed by atoms with Crippen LogP contribution in [0.2, 0.25) is 0 Å². The molecule has 1 saturated heterocycles. The van der Waals surface area contributed by atoms with Crippen LogP contribution in [0, 0.1) is 5.92 Å². The molecular weight excluding hydrogens is 340 g/mol. The van der Waals surface area contributed by atoms with Crippen molar-refractivity contribution in [1.29, 1.82) is 0 Å². The quantitative estimate of drug-likeness (QED) is 0.479. The Morgan fingerprint density at radius 3 is 2.81 bits per heavy atom. The van der Waals surface area contributed by atoms with Crippen molar-refractivity contribution < 1.29 is 19.3 Å². The summed E-state index contributed by atoms with van der Waals surface area (Å²) in [6.45, 7) is 10.6. The van der Waals surface area contributed by atoms with Crippen LogP contribution in [0.5, 0.6) is 0 Å². The Balaban J connectivity index is 1.59. The van der Waals surface area contributed by atoms with E-state index in [1.165, 1.54) is 5.56 Å². The fourth-order valence-electron chi connectivity index (χ4n) is 3.12. The zero-order chi connectivity index (χ0) is 19.6. The highest BCUT2D eigenvalue weighted by atomic mass is 16.7. The Morgan fingerprint density at radius 1 is 1.33 bits per heavy atom. The molecule has 150 valence electrons. The van der Waals surface area contributed by atoms with Crippen molar-refractivity contribution in [3.63, 3.8) is 0 Å². The summed E-state index contributed by atoms with van der Waals surface area (Å²) in [7, 11) is 0. The van der Waals surface area contributed by atoms with Gasteiger partial charge in [-0.1, -0.05) is 49.9 Å². The monoisotopic (exact) mass is 374 g/mol. The number of aliphatic hydroxyl groups excluding tert-OH is 1. The molecule has 0 aromatic heterocycles. The lowest BCUT2D eigenvalue weighted by Crippen LogP contribution is -2.44. The second-order valence-electron chi connectivity index (χ2n) is 7.47. The summed E-state index contributed by atoms with van der Waals surface area (Å²) in [5.74, 6) is 0.888. The third-order valence-corrected chi connectivity index (χ3v) is 4.90.